The Morgan fingerprint density at radius 1 is 1.20 bits per heavy atom. The van der Waals surface area contributed by atoms with Crippen molar-refractivity contribution in [3.63, 3.8) is 0 Å². The van der Waals surface area contributed by atoms with Crippen LogP contribution in [0.25, 0.3) is 0 Å². The molecule has 3 rings (SSSR count). The first-order chi connectivity index (χ1) is 9.74. The van der Waals surface area contributed by atoms with E-state index in [0.29, 0.717) is 0 Å². The van der Waals surface area contributed by atoms with Crippen LogP contribution in [0.15, 0.2) is 30.6 Å². The summed E-state index contributed by atoms with van der Waals surface area (Å²) >= 11 is 0. The summed E-state index contributed by atoms with van der Waals surface area (Å²) in [7, 11) is 0. The van der Waals surface area contributed by atoms with Crippen molar-refractivity contribution in [2.45, 2.75) is 38.6 Å². The summed E-state index contributed by atoms with van der Waals surface area (Å²) < 4.78 is 0. The highest BCUT2D eigenvalue weighted by molar-refractivity contribution is 5.50. The van der Waals surface area contributed by atoms with Gasteiger partial charge in [0, 0.05) is 16.9 Å². The van der Waals surface area contributed by atoms with E-state index in [1.54, 1.807) is 6.33 Å². The zero-order valence-corrected chi connectivity index (χ0v) is 11.8. The van der Waals surface area contributed by atoms with E-state index >= 15 is 0 Å². The summed E-state index contributed by atoms with van der Waals surface area (Å²) in [5.74, 6) is 0.977. The largest absolute Gasteiger partial charge is 0.399 e. The number of nitrogen functional groups attached to an aromatic ring is 1. The molecule has 1 aromatic heterocycles. The fourth-order valence-corrected chi connectivity index (χ4v) is 2.76. The molecule has 0 spiro atoms. The molecule has 1 atom stereocenters. The summed E-state index contributed by atoms with van der Waals surface area (Å²) in [5.41, 5.74) is 10.3. The minimum absolute atomic E-state index is 0.180. The van der Waals surface area contributed by atoms with Crippen molar-refractivity contribution < 1.29 is 0 Å². The molecule has 20 heavy (non-hydrogen) atoms. The van der Waals surface area contributed by atoms with Gasteiger partial charge in [-0.3, -0.25) is 0 Å². The minimum atomic E-state index is 0.180. The van der Waals surface area contributed by atoms with Crippen molar-refractivity contribution in [2.24, 2.45) is 0 Å². The Balaban J connectivity index is 1.84. The molecule has 0 fully saturated rings. The summed E-state index contributed by atoms with van der Waals surface area (Å²) in [6, 6.07) is 8.16. The molecule has 3 N–H and O–H groups in total. The topological polar surface area (TPSA) is 63.8 Å². The molecule has 0 radical (unpaired) electrons. The molecule has 2 aromatic rings. The Morgan fingerprint density at radius 2 is 2.05 bits per heavy atom. The highest BCUT2D eigenvalue weighted by Gasteiger charge is 2.17. The molecule has 0 bridgehead atoms. The van der Waals surface area contributed by atoms with E-state index in [2.05, 4.69) is 28.3 Å². The summed E-state index contributed by atoms with van der Waals surface area (Å²) in [6.07, 6.45) is 6.26. The molecule has 4 nitrogen and oxygen atoms in total. The smallest absolute Gasteiger partial charge is 0.133 e. The number of anilines is 2. The van der Waals surface area contributed by atoms with Gasteiger partial charge < -0.3 is 11.1 Å². The fraction of sp³-hybridized carbons (Fsp3) is 0.375. The van der Waals surface area contributed by atoms with Gasteiger partial charge in [0.15, 0.2) is 0 Å². The fourth-order valence-electron chi connectivity index (χ4n) is 2.76. The molecule has 1 heterocycles. The SMILES string of the molecule is CC(Nc1ncnc2c1CCCC2)c1cccc(N)c1. The third-order valence-corrected chi connectivity index (χ3v) is 3.89. The maximum Gasteiger partial charge on any atom is 0.133 e. The Labute approximate surface area is 119 Å². The van der Waals surface area contributed by atoms with Crippen LogP contribution in [0.1, 0.15) is 42.6 Å². The second kappa shape index (κ2) is 5.49. The van der Waals surface area contributed by atoms with E-state index in [9.17, 15) is 0 Å². The van der Waals surface area contributed by atoms with Gasteiger partial charge in [-0.15, -0.1) is 0 Å². The van der Waals surface area contributed by atoms with E-state index in [1.165, 1.54) is 29.7 Å². The Kier molecular flexibility index (Phi) is 3.54. The van der Waals surface area contributed by atoms with Gasteiger partial charge in [0.25, 0.3) is 0 Å². The molecular formula is C16H20N4. The minimum Gasteiger partial charge on any atom is -0.399 e. The number of nitrogens with two attached hydrogens (primary N) is 1. The highest BCUT2D eigenvalue weighted by Crippen LogP contribution is 2.27. The van der Waals surface area contributed by atoms with Gasteiger partial charge in [0.05, 0.1) is 6.04 Å². The molecule has 104 valence electrons. The Morgan fingerprint density at radius 3 is 2.90 bits per heavy atom. The van der Waals surface area contributed by atoms with Gasteiger partial charge in [-0.2, -0.15) is 0 Å². The molecule has 0 aliphatic heterocycles. The molecular weight excluding hydrogens is 248 g/mol. The number of fused-ring (bicyclic) bond motifs is 1. The number of rotatable bonds is 3. The maximum absolute atomic E-state index is 5.85. The standard InChI is InChI=1S/C16H20N4/c1-11(12-5-4-6-13(17)9-12)20-16-14-7-2-3-8-15(14)18-10-19-16/h4-6,9-11H,2-3,7-8,17H2,1H3,(H,18,19,20). The third kappa shape index (κ3) is 2.59. The zero-order chi connectivity index (χ0) is 13.9. The van der Waals surface area contributed by atoms with Crippen LogP contribution in [0.2, 0.25) is 0 Å². The second-order valence-corrected chi connectivity index (χ2v) is 5.39. The number of aryl methyl sites for hydroxylation is 1. The molecule has 4 heteroatoms. The molecule has 1 aromatic carbocycles. The normalized spacial score (nSPS) is 15.4. The van der Waals surface area contributed by atoms with Crippen molar-refractivity contribution in [2.75, 3.05) is 11.1 Å². The predicted octanol–water partition coefficient (Wildman–Crippen LogP) is 3.11. The van der Waals surface area contributed by atoms with Crippen molar-refractivity contribution in [3.8, 4) is 0 Å². The molecule has 1 aliphatic carbocycles. The molecule has 1 unspecified atom stereocenters. The van der Waals surface area contributed by atoms with E-state index in [1.807, 2.05) is 18.2 Å². The van der Waals surface area contributed by atoms with Crippen LogP contribution >= 0.6 is 0 Å². The van der Waals surface area contributed by atoms with Crippen molar-refractivity contribution in [3.05, 3.63) is 47.4 Å². The highest BCUT2D eigenvalue weighted by atomic mass is 15.0. The molecule has 0 amide bonds. The van der Waals surface area contributed by atoms with Gasteiger partial charge >= 0.3 is 0 Å². The van der Waals surface area contributed by atoms with Crippen LogP contribution in [0, 0.1) is 0 Å². The summed E-state index contributed by atoms with van der Waals surface area (Å²) in [5, 5.41) is 3.51. The lowest BCUT2D eigenvalue weighted by atomic mass is 9.96. The van der Waals surface area contributed by atoms with E-state index in [4.69, 9.17) is 5.73 Å². The number of aromatic nitrogens is 2. The van der Waals surface area contributed by atoms with Crippen LogP contribution in [0.5, 0.6) is 0 Å². The Hall–Kier alpha value is -2.10. The van der Waals surface area contributed by atoms with Crippen LogP contribution in [0.4, 0.5) is 11.5 Å². The zero-order valence-electron chi connectivity index (χ0n) is 11.8. The van der Waals surface area contributed by atoms with Gasteiger partial charge in [-0.05, 0) is 50.3 Å². The number of nitrogens with one attached hydrogen (secondary N) is 1. The number of nitrogens with zero attached hydrogens (tertiary/aromatic N) is 2. The van der Waals surface area contributed by atoms with E-state index in [-0.39, 0.29) is 6.04 Å². The lowest BCUT2D eigenvalue weighted by molar-refractivity contribution is 0.661. The average molecular weight is 268 g/mol. The number of hydrogen-bond acceptors (Lipinski definition) is 4. The molecule has 0 saturated heterocycles. The van der Waals surface area contributed by atoms with Crippen molar-refractivity contribution in [1.82, 2.24) is 9.97 Å². The third-order valence-electron chi connectivity index (χ3n) is 3.89. The average Bonchev–Trinajstić information content (AvgIpc) is 2.47. The number of benzene rings is 1. The lowest BCUT2D eigenvalue weighted by Crippen LogP contribution is -2.14. The summed E-state index contributed by atoms with van der Waals surface area (Å²) in [4.78, 5) is 8.83. The van der Waals surface area contributed by atoms with Gasteiger partial charge in [-0.25, -0.2) is 9.97 Å². The van der Waals surface area contributed by atoms with Crippen LogP contribution in [0.3, 0.4) is 0 Å². The van der Waals surface area contributed by atoms with Gasteiger partial charge in [-0.1, -0.05) is 12.1 Å². The first-order valence-corrected chi connectivity index (χ1v) is 7.19. The molecule has 0 saturated carbocycles. The van der Waals surface area contributed by atoms with Gasteiger partial charge in [0.1, 0.15) is 12.1 Å². The maximum atomic E-state index is 5.85. The first kappa shape index (κ1) is 12.9. The van der Waals surface area contributed by atoms with Gasteiger partial charge in [0.2, 0.25) is 0 Å². The van der Waals surface area contributed by atoms with E-state index in [0.717, 1.165) is 24.3 Å². The molecule has 1 aliphatic rings. The quantitative estimate of drug-likeness (QED) is 0.840. The monoisotopic (exact) mass is 268 g/mol. The first-order valence-electron chi connectivity index (χ1n) is 7.19. The lowest BCUT2D eigenvalue weighted by Gasteiger charge is -2.21. The van der Waals surface area contributed by atoms with Crippen LogP contribution in [-0.4, -0.2) is 9.97 Å². The predicted molar refractivity (Wildman–Crippen MR) is 81.6 cm³/mol. The van der Waals surface area contributed by atoms with Crippen LogP contribution in [-0.2, 0) is 12.8 Å². The van der Waals surface area contributed by atoms with Crippen molar-refractivity contribution >= 4 is 11.5 Å². The second-order valence-electron chi connectivity index (χ2n) is 5.39. The Bertz CT molecular complexity index is 609. The summed E-state index contributed by atoms with van der Waals surface area (Å²) in [6.45, 7) is 2.13. The van der Waals surface area contributed by atoms with Crippen molar-refractivity contribution in [1.29, 1.82) is 0 Å². The number of hydrogen-bond donors (Lipinski definition) is 2. The van der Waals surface area contributed by atoms with Crippen LogP contribution < -0.4 is 11.1 Å². The van der Waals surface area contributed by atoms with E-state index < -0.39 is 0 Å².